The minimum absolute atomic E-state index is 0.198. The molecule has 102 heavy (non-hydrogen) atoms. The predicted octanol–water partition coefficient (Wildman–Crippen LogP) is 19.4. The van der Waals surface area contributed by atoms with Crippen LogP contribution in [0.25, 0.3) is 0 Å². The standard InChI is InChI=1S/C92H67B2N7Si/c1-102(2)89-55-33-32-54-80(89)98(69-44-22-8-23-45-69)84-63-83-78(61-90(84)102)94-77-60-76-81(62-82(77)100(71-48-26-10-27-49-71)87-58-74(59-88(92(87)94)101(83)72-50-28-11-29-51-72)96(66-38-16-5-17-39-66)67-40-18-6-19-41-67)99(70-46-24-9-25-47-70)86-57-73(95(64-34-12-3-13-35-64)65-36-14-4-15-37-65)56-85-91(86)93(76)75-52-30-31-53-79(75)97(85)68-42-20-7-21-43-68/h3-63H,1-2H3. The van der Waals surface area contributed by atoms with Gasteiger partial charge in [-0.2, -0.15) is 0 Å². The summed E-state index contributed by atoms with van der Waals surface area (Å²) in [7, 11) is -2.50. The van der Waals surface area contributed by atoms with E-state index in [1.54, 1.807) is 0 Å². The van der Waals surface area contributed by atoms with Gasteiger partial charge in [-0.1, -0.05) is 225 Å². The SMILES string of the molecule is C[Si]1(C)c2ccccc2N(c2ccccc2)c2cc3c(cc21)B1c2cc4c(cc2N(c2ccccc2)c2cc(N(c5ccccc5)c5ccccc5)cc(c21)N3c1ccccc1)N(c1ccccc1)c1cc(N(c2ccccc2)c2ccccc2)cc2c1B4c1ccccc1N2c1ccccc1. The van der Waals surface area contributed by atoms with Crippen LogP contribution < -0.4 is 77.4 Å². The van der Waals surface area contributed by atoms with Gasteiger partial charge in [-0.05, 0) is 201 Å². The summed E-state index contributed by atoms with van der Waals surface area (Å²) >= 11 is 0. The number of anilines is 21. The normalized spacial score (nSPS) is 13.7. The van der Waals surface area contributed by atoms with E-state index in [1.165, 1.54) is 54.5 Å². The summed E-state index contributed by atoms with van der Waals surface area (Å²) in [4.78, 5) is 17.8. The first-order valence-corrected chi connectivity index (χ1v) is 38.4. The van der Waals surface area contributed by atoms with Gasteiger partial charge in [0.15, 0.2) is 0 Å². The fourth-order valence-electron chi connectivity index (χ4n) is 17.3. The molecule has 0 N–H and O–H groups in total. The monoisotopic (exact) mass is 1320 g/mol. The Labute approximate surface area is 597 Å². The Morgan fingerprint density at radius 2 is 0.480 bits per heavy atom. The summed E-state index contributed by atoms with van der Waals surface area (Å²) in [5.74, 6) is 0. The minimum Gasteiger partial charge on any atom is -0.311 e. The molecule has 0 saturated heterocycles. The van der Waals surface area contributed by atoms with E-state index in [-0.39, 0.29) is 13.4 Å². The number of hydrogen-bond acceptors (Lipinski definition) is 7. The molecule has 0 unspecified atom stereocenters. The summed E-state index contributed by atoms with van der Waals surface area (Å²) < 4.78 is 0. The second-order valence-corrected chi connectivity index (χ2v) is 32.0. The molecule has 0 spiro atoms. The molecule has 15 aromatic carbocycles. The van der Waals surface area contributed by atoms with Crippen molar-refractivity contribution in [2.45, 2.75) is 13.1 Å². The maximum atomic E-state index is 2.69. The summed E-state index contributed by atoms with van der Waals surface area (Å²) in [6, 6.07) is 138. The Balaban J connectivity index is 0.933. The Kier molecular flexibility index (Phi) is 13.8. The fraction of sp³-hybridized carbons (Fsp3) is 0.0217. The Hall–Kier alpha value is -12.8. The maximum Gasteiger partial charge on any atom is 0.252 e. The average molecular weight is 1320 g/mol. The predicted molar refractivity (Wildman–Crippen MR) is 435 cm³/mol. The highest BCUT2D eigenvalue weighted by molar-refractivity contribution is 7.05. The van der Waals surface area contributed by atoms with Gasteiger partial charge in [0.05, 0.1) is 11.4 Å². The fourth-order valence-corrected chi connectivity index (χ4v) is 20.3. The lowest BCUT2D eigenvalue weighted by molar-refractivity contribution is 1.21. The molecule has 15 aromatic rings. The van der Waals surface area contributed by atoms with E-state index >= 15 is 0 Å². The van der Waals surface area contributed by atoms with Crippen LogP contribution in [-0.4, -0.2) is 21.5 Å². The number of benzene rings is 15. The topological polar surface area (TPSA) is 22.7 Å². The molecule has 0 radical (unpaired) electrons. The summed E-state index contributed by atoms with van der Waals surface area (Å²) in [6.07, 6.45) is 0. The molecule has 0 atom stereocenters. The second-order valence-electron chi connectivity index (χ2n) is 27.6. The molecule has 0 fully saturated rings. The van der Waals surface area contributed by atoms with E-state index in [2.05, 4.69) is 417 Å². The zero-order chi connectivity index (χ0) is 67.6. The van der Waals surface area contributed by atoms with Crippen LogP contribution in [0.1, 0.15) is 0 Å². The molecule has 0 aliphatic carbocycles. The van der Waals surface area contributed by atoms with E-state index < -0.39 is 8.07 Å². The largest absolute Gasteiger partial charge is 0.311 e. The molecule has 5 aliphatic rings. The number of fused-ring (bicyclic) bond motifs is 10. The first-order valence-electron chi connectivity index (χ1n) is 35.4. The number of nitrogens with zero attached hydrogens (tertiary/aromatic N) is 7. The van der Waals surface area contributed by atoms with E-state index in [9.17, 15) is 0 Å². The molecule has 5 heterocycles. The molecular weight excluding hydrogens is 1250 g/mol. The lowest BCUT2D eigenvalue weighted by Crippen LogP contribution is -2.66. The van der Waals surface area contributed by atoms with Gasteiger partial charge in [-0.3, -0.25) is 0 Å². The molecule has 20 rings (SSSR count). The number of para-hydroxylation sites is 11. The average Bonchev–Trinajstić information content (AvgIpc) is 0.681. The van der Waals surface area contributed by atoms with E-state index in [0.29, 0.717) is 0 Å². The highest BCUT2D eigenvalue weighted by atomic mass is 28.3. The van der Waals surface area contributed by atoms with Crippen LogP contribution in [0.3, 0.4) is 0 Å². The van der Waals surface area contributed by atoms with Gasteiger partial charge < -0.3 is 34.3 Å². The van der Waals surface area contributed by atoms with Crippen LogP contribution in [0.2, 0.25) is 13.1 Å². The van der Waals surface area contributed by atoms with Gasteiger partial charge in [-0.25, -0.2) is 0 Å². The molecule has 0 saturated carbocycles. The van der Waals surface area contributed by atoms with Crippen LogP contribution in [-0.2, 0) is 0 Å². The Bertz CT molecular complexity index is 5650. The van der Waals surface area contributed by atoms with Crippen LogP contribution in [0.15, 0.2) is 370 Å². The molecule has 0 bridgehead atoms. The van der Waals surface area contributed by atoms with Crippen molar-refractivity contribution in [2.75, 3.05) is 34.3 Å². The lowest BCUT2D eigenvalue weighted by atomic mass is 9.30. The summed E-state index contributed by atoms with van der Waals surface area (Å²) in [6.45, 7) is 4.70. The zero-order valence-electron chi connectivity index (χ0n) is 56.5. The van der Waals surface area contributed by atoms with Gasteiger partial charge in [-0.15, -0.1) is 0 Å². The van der Waals surface area contributed by atoms with Crippen molar-refractivity contribution in [2.24, 2.45) is 0 Å². The summed E-state index contributed by atoms with van der Waals surface area (Å²) in [5, 5.41) is 2.84. The van der Waals surface area contributed by atoms with Crippen molar-refractivity contribution in [3.05, 3.63) is 370 Å². The molecule has 7 nitrogen and oxygen atoms in total. The van der Waals surface area contributed by atoms with Crippen molar-refractivity contribution in [1.82, 2.24) is 0 Å². The lowest BCUT2D eigenvalue weighted by Gasteiger charge is -2.48. The van der Waals surface area contributed by atoms with E-state index in [4.69, 9.17) is 0 Å². The third-order valence-corrected chi connectivity index (χ3v) is 25.1. The van der Waals surface area contributed by atoms with Crippen molar-refractivity contribution in [3.63, 3.8) is 0 Å². The van der Waals surface area contributed by atoms with Gasteiger partial charge in [0.2, 0.25) is 0 Å². The van der Waals surface area contributed by atoms with Crippen molar-refractivity contribution in [3.8, 4) is 0 Å². The molecule has 0 amide bonds. The first kappa shape index (κ1) is 59.3. The highest BCUT2D eigenvalue weighted by Gasteiger charge is 2.51. The molecule has 0 aromatic heterocycles. The smallest absolute Gasteiger partial charge is 0.252 e. The maximum absolute atomic E-state index is 2.69. The molecule has 10 heteroatoms. The highest BCUT2D eigenvalue weighted by Crippen LogP contribution is 2.53. The van der Waals surface area contributed by atoms with Gasteiger partial charge in [0.25, 0.3) is 13.4 Å². The first-order chi connectivity index (χ1) is 50.4. The van der Waals surface area contributed by atoms with Crippen molar-refractivity contribution in [1.29, 1.82) is 0 Å². The van der Waals surface area contributed by atoms with Crippen molar-refractivity contribution >= 4 is 184 Å². The van der Waals surface area contributed by atoms with Crippen LogP contribution in [0.5, 0.6) is 0 Å². The van der Waals surface area contributed by atoms with E-state index in [1.807, 2.05) is 0 Å². The van der Waals surface area contributed by atoms with Crippen molar-refractivity contribution < 1.29 is 0 Å². The summed E-state index contributed by atoms with van der Waals surface area (Å²) in [5.41, 5.74) is 30.9. The van der Waals surface area contributed by atoms with Crippen LogP contribution in [0.4, 0.5) is 119 Å². The van der Waals surface area contributed by atoms with Gasteiger partial charge in [0.1, 0.15) is 8.07 Å². The Morgan fingerprint density at radius 1 is 0.206 bits per heavy atom. The zero-order valence-corrected chi connectivity index (χ0v) is 57.5. The molecule has 480 valence electrons. The van der Waals surface area contributed by atoms with Gasteiger partial charge >= 0.3 is 0 Å². The quantitative estimate of drug-likeness (QED) is 0.119. The Morgan fingerprint density at radius 3 is 0.853 bits per heavy atom. The van der Waals surface area contributed by atoms with Crippen LogP contribution >= 0.6 is 0 Å². The number of rotatable bonds is 11. The molecule has 5 aliphatic heterocycles. The number of hydrogen-bond donors (Lipinski definition) is 0. The van der Waals surface area contributed by atoms with Crippen LogP contribution in [0, 0.1) is 0 Å². The minimum atomic E-state index is -2.50. The third kappa shape index (κ3) is 9.22. The van der Waals surface area contributed by atoms with E-state index in [0.717, 1.165) is 108 Å². The molecular formula is C92H67B2N7Si. The second kappa shape index (κ2) is 23.7. The third-order valence-electron chi connectivity index (χ3n) is 21.6. The van der Waals surface area contributed by atoms with Gasteiger partial charge in [0, 0.05) is 108 Å².